The first-order valence-electron chi connectivity index (χ1n) is 7.46. The molecule has 0 aromatic rings. The summed E-state index contributed by atoms with van der Waals surface area (Å²) in [6.07, 6.45) is 3.71. The third-order valence-electron chi connectivity index (χ3n) is 3.18. The molecule has 0 radical (unpaired) electrons. The van der Waals surface area contributed by atoms with Crippen LogP contribution in [0.3, 0.4) is 0 Å². The van der Waals surface area contributed by atoms with Gasteiger partial charge in [0.1, 0.15) is 0 Å². The van der Waals surface area contributed by atoms with Crippen molar-refractivity contribution in [1.82, 2.24) is 10.6 Å². The van der Waals surface area contributed by atoms with Gasteiger partial charge < -0.3 is 10.6 Å². The molecule has 0 bridgehead atoms. The van der Waals surface area contributed by atoms with Gasteiger partial charge in [-0.2, -0.15) is 0 Å². The van der Waals surface area contributed by atoms with Crippen LogP contribution in [0.5, 0.6) is 0 Å². The Morgan fingerprint density at radius 3 is 1.29 bits per heavy atom. The van der Waals surface area contributed by atoms with E-state index >= 15 is 0 Å². The molecule has 0 amide bonds. The normalized spacial score (nSPS) is 15.5. The molecule has 2 atom stereocenters. The van der Waals surface area contributed by atoms with Crippen LogP contribution in [-0.4, -0.2) is 25.2 Å². The lowest BCUT2D eigenvalue weighted by Crippen LogP contribution is -2.40. The lowest BCUT2D eigenvalue weighted by atomic mass is 10.0. The van der Waals surface area contributed by atoms with E-state index in [1.165, 1.54) is 19.3 Å². The molecule has 0 aromatic carbocycles. The van der Waals surface area contributed by atoms with Crippen LogP contribution in [0.2, 0.25) is 0 Å². The van der Waals surface area contributed by atoms with E-state index in [-0.39, 0.29) is 0 Å². The predicted molar refractivity (Wildman–Crippen MR) is 78.5 cm³/mol. The molecule has 0 saturated carbocycles. The van der Waals surface area contributed by atoms with Gasteiger partial charge in [-0.15, -0.1) is 0 Å². The van der Waals surface area contributed by atoms with Gasteiger partial charge in [0.05, 0.1) is 0 Å². The fourth-order valence-corrected chi connectivity index (χ4v) is 1.94. The molecule has 2 unspecified atom stereocenters. The Bertz CT molecular complexity index is 148. The molecule has 2 nitrogen and oxygen atoms in total. The first-order chi connectivity index (χ1) is 7.99. The number of rotatable bonds is 10. The van der Waals surface area contributed by atoms with Crippen molar-refractivity contribution >= 4 is 0 Å². The van der Waals surface area contributed by atoms with Gasteiger partial charge in [0.15, 0.2) is 0 Å². The van der Waals surface area contributed by atoms with Crippen LogP contribution >= 0.6 is 0 Å². The zero-order valence-electron chi connectivity index (χ0n) is 12.8. The van der Waals surface area contributed by atoms with Crippen molar-refractivity contribution in [1.29, 1.82) is 0 Å². The van der Waals surface area contributed by atoms with Crippen molar-refractivity contribution in [2.24, 2.45) is 11.8 Å². The Morgan fingerprint density at radius 2 is 1.06 bits per heavy atom. The molecule has 104 valence electrons. The van der Waals surface area contributed by atoms with Gasteiger partial charge in [-0.05, 0) is 44.2 Å². The minimum absolute atomic E-state index is 0.669. The van der Waals surface area contributed by atoms with Crippen molar-refractivity contribution in [2.75, 3.05) is 13.1 Å². The first-order valence-corrected chi connectivity index (χ1v) is 7.46. The lowest BCUT2D eigenvalue weighted by Gasteiger charge is -2.25. The van der Waals surface area contributed by atoms with Gasteiger partial charge in [-0.3, -0.25) is 0 Å². The average molecular weight is 242 g/mol. The average Bonchev–Trinajstić information content (AvgIpc) is 2.27. The summed E-state index contributed by atoms with van der Waals surface area (Å²) >= 11 is 0. The molecule has 0 aliphatic rings. The summed E-state index contributed by atoms with van der Waals surface area (Å²) in [4.78, 5) is 0. The Labute approximate surface area is 109 Å². The van der Waals surface area contributed by atoms with E-state index in [0.29, 0.717) is 12.1 Å². The quantitative estimate of drug-likeness (QED) is 0.613. The molecule has 2 N–H and O–H groups in total. The van der Waals surface area contributed by atoms with Crippen LogP contribution in [0.25, 0.3) is 0 Å². The summed E-state index contributed by atoms with van der Waals surface area (Å²) in [5.41, 5.74) is 0. The molecular formula is C15H34N2. The minimum atomic E-state index is 0.669. The maximum absolute atomic E-state index is 3.68. The van der Waals surface area contributed by atoms with Crippen molar-refractivity contribution in [3.8, 4) is 0 Å². The van der Waals surface area contributed by atoms with E-state index in [9.17, 15) is 0 Å². The van der Waals surface area contributed by atoms with Crippen molar-refractivity contribution in [3.05, 3.63) is 0 Å². The monoisotopic (exact) mass is 242 g/mol. The molecule has 0 rings (SSSR count). The van der Waals surface area contributed by atoms with Gasteiger partial charge in [-0.25, -0.2) is 0 Å². The van der Waals surface area contributed by atoms with Crippen LogP contribution in [0.15, 0.2) is 0 Å². The first kappa shape index (κ1) is 16.9. The molecule has 17 heavy (non-hydrogen) atoms. The number of hydrogen-bond acceptors (Lipinski definition) is 2. The number of nitrogens with one attached hydrogen (secondary N) is 2. The highest BCUT2D eigenvalue weighted by Gasteiger charge is 2.13. The smallest absolute Gasteiger partial charge is 0.00793 e. The Balaban J connectivity index is 3.94. The highest BCUT2D eigenvalue weighted by molar-refractivity contribution is 4.75. The van der Waals surface area contributed by atoms with Gasteiger partial charge in [0.2, 0.25) is 0 Å². The maximum Gasteiger partial charge on any atom is 0.00793 e. The van der Waals surface area contributed by atoms with E-state index in [1.807, 2.05) is 0 Å². The molecule has 0 aliphatic heterocycles. The Morgan fingerprint density at radius 1 is 0.706 bits per heavy atom. The lowest BCUT2D eigenvalue weighted by molar-refractivity contribution is 0.353. The topological polar surface area (TPSA) is 24.1 Å². The Hall–Kier alpha value is -0.0800. The third kappa shape index (κ3) is 9.61. The predicted octanol–water partition coefficient (Wildman–Crippen LogP) is 3.42. The summed E-state index contributed by atoms with van der Waals surface area (Å²) in [7, 11) is 0. The van der Waals surface area contributed by atoms with Gasteiger partial charge in [0, 0.05) is 12.1 Å². The SMILES string of the molecule is CCC(CC(CC)NCC(C)C)NCC(C)C. The van der Waals surface area contributed by atoms with Crippen LogP contribution in [0, 0.1) is 11.8 Å². The van der Waals surface area contributed by atoms with Crippen molar-refractivity contribution < 1.29 is 0 Å². The fraction of sp³-hybridized carbons (Fsp3) is 1.00. The van der Waals surface area contributed by atoms with Crippen molar-refractivity contribution in [3.63, 3.8) is 0 Å². The molecule has 0 aliphatic carbocycles. The summed E-state index contributed by atoms with van der Waals surface area (Å²) in [6.45, 7) is 15.9. The standard InChI is InChI=1S/C15H34N2/c1-7-14(16-10-12(3)4)9-15(8-2)17-11-13(5)6/h12-17H,7-11H2,1-6H3. The zero-order valence-corrected chi connectivity index (χ0v) is 12.8. The van der Waals surface area contributed by atoms with Crippen LogP contribution < -0.4 is 10.6 Å². The second-order valence-corrected chi connectivity index (χ2v) is 6.05. The van der Waals surface area contributed by atoms with Crippen LogP contribution in [0.4, 0.5) is 0 Å². The van der Waals surface area contributed by atoms with E-state index in [1.54, 1.807) is 0 Å². The summed E-state index contributed by atoms with van der Waals surface area (Å²) < 4.78 is 0. The maximum atomic E-state index is 3.68. The summed E-state index contributed by atoms with van der Waals surface area (Å²) in [5.74, 6) is 1.49. The molecular weight excluding hydrogens is 208 g/mol. The molecule has 0 saturated heterocycles. The molecule has 0 heterocycles. The molecule has 0 aromatic heterocycles. The second-order valence-electron chi connectivity index (χ2n) is 6.05. The highest BCUT2D eigenvalue weighted by Crippen LogP contribution is 2.07. The van der Waals surface area contributed by atoms with E-state index in [4.69, 9.17) is 0 Å². The molecule has 2 heteroatoms. The van der Waals surface area contributed by atoms with E-state index < -0.39 is 0 Å². The Kier molecular flexibility index (Phi) is 9.85. The summed E-state index contributed by atoms with van der Waals surface area (Å²) in [6, 6.07) is 1.34. The van der Waals surface area contributed by atoms with Gasteiger partial charge >= 0.3 is 0 Å². The zero-order chi connectivity index (χ0) is 13.3. The molecule has 0 spiro atoms. The fourth-order valence-electron chi connectivity index (χ4n) is 1.94. The van der Waals surface area contributed by atoms with E-state index in [0.717, 1.165) is 24.9 Å². The number of hydrogen-bond donors (Lipinski definition) is 2. The van der Waals surface area contributed by atoms with E-state index in [2.05, 4.69) is 52.2 Å². The van der Waals surface area contributed by atoms with Crippen molar-refractivity contribution in [2.45, 2.75) is 72.9 Å². The summed E-state index contributed by atoms with van der Waals surface area (Å²) in [5, 5.41) is 7.36. The minimum Gasteiger partial charge on any atom is -0.314 e. The van der Waals surface area contributed by atoms with Crippen LogP contribution in [-0.2, 0) is 0 Å². The largest absolute Gasteiger partial charge is 0.314 e. The van der Waals surface area contributed by atoms with Gasteiger partial charge in [0.25, 0.3) is 0 Å². The molecule has 0 fully saturated rings. The third-order valence-corrected chi connectivity index (χ3v) is 3.18. The van der Waals surface area contributed by atoms with Gasteiger partial charge in [-0.1, -0.05) is 41.5 Å². The second kappa shape index (κ2) is 9.90. The van der Waals surface area contributed by atoms with Crippen LogP contribution in [0.1, 0.15) is 60.8 Å². The highest BCUT2D eigenvalue weighted by atomic mass is 15.0.